The van der Waals surface area contributed by atoms with Crippen LogP contribution in [-0.2, 0) is 0 Å². The summed E-state index contributed by atoms with van der Waals surface area (Å²) in [6.45, 7) is 1.85. The number of likely N-dealkylation sites (tertiary alicyclic amines) is 1. The zero-order chi connectivity index (χ0) is 16.4. The molecule has 1 amide bonds. The third-order valence-electron chi connectivity index (χ3n) is 5.07. The van der Waals surface area contributed by atoms with E-state index in [1.54, 1.807) is 6.20 Å². The Morgan fingerprint density at radius 3 is 2.50 bits per heavy atom. The van der Waals surface area contributed by atoms with Gasteiger partial charge in [-0.1, -0.05) is 37.0 Å². The van der Waals surface area contributed by atoms with Crippen molar-refractivity contribution in [2.75, 3.05) is 13.1 Å². The smallest absolute Gasteiger partial charge is 0.265 e. The zero-order valence-corrected chi connectivity index (χ0v) is 14.4. The molecule has 4 heteroatoms. The highest BCUT2D eigenvalue weighted by atomic mass is 32.1. The van der Waals surface area contributed by atoms with Crippen LogP contribution < -0.4 is 0 Å². The van der Waals surface area contributed by atoms with Gasteiger partial charge in [-0.25, -0.2) is 4.98 Å². The second-order valence-corrected chi connectivity index (χ2v) is 7.69. The van der Waals surface area contributed by atoms with E-state index in [1.807, 2.05) is 35.2 Å². The average Bonchev–Trinajstić information content (AvgIpc) is 3.27. The SMILES string of the molecule is O=C(c1cnc(C#Cc2ccccc2)s1)N1CC2CCCCC2C1. The monoisotopic (exact) mass is 336 g/mol. The summed E-state index contributed by atoms with van der Waals surface area (Å²) in [6.07, 6.45) is 6.89. The number of carbonyl (C=O) groups is 1. The molecule has 122 valence electrons. The second kappa shape index (κ2) is 6.78. The molecule has 0 N–H and O–H groups in total. The van der Waals surface area contributed by atoms with E-state index in [1.165, 1.54) is 37.0 Å². The molecule has 2 unspecified atom stereocenters. The van der Waals surface area contributed by atoms with Crippen molar-refractivity contribution >= 4 is 17.2 Å². The van der Waals surface area contributed by atoms with Crippen LogP contribution in [0.4, 0.5) is 0 Å². The van der Waals surface area contributed by atoms with Gasteiger partial charge in [0.15, 0.2) is 5.01 Å². The lowest BCUT2D eigenvalue weighted by Crippen LogP contribution is -2.28. The Hall–Kier alpha value is -2.12. The molecule has 2 aliphatic rings. The minimum Gasteiger partial charge on any atom is -0.337 e. The Bertz CT molecular complexity index is 773. The molecule has 1 saturated carbocycles. The topological polar surface area (TPSA) is 33.2 Å². The fraction of sp³-hybridized carbons (Fsp3) is 0.400. The van der Waals surface area contributed by atoms with Crippen LogP contribution in [-0.4, -0.2) is 28.9 Å². The quantitative estimate of drug-likeness (QED) is 0.742. The van der Waals surface area contributed by atoms with Crippen molar-refractivity contribution in [3.05, 3.63) is 52.0 Å². The van der Waals surface area contributed by atoms with E-state index < -0.39 is 0 Å². The van der Waals surface area contributed by atoms with E-state index in [0.717, 1.165) is 18.7 Å². The largest absolute Gasteiger partial charge is 0.337 e. The van der Waals surface area contributed by atoms with E-state index in [2.05, 4.69) is 16.8 Å². The first-order valence-corrected chi connectivity index (χ1v) is 9.43. The zero-order valence-electron chi connectivity index (χ0n) is 13.6. The van der Waals surface area contributed by atoms with Crippen molar-refractivity contribution in [2.24, 2.45) is 11.8 Å². The summed E-state index contributed by atoms with van der Waals surface area (Å²) in [5.74, 6) is 7.73. The summed E-state index contributed by atoms with van der Waals surface area (Å²) in [6, 6.07) is 9.84. The standard InChI is InChI=1S/C20H20N2OS/c23-20(22-13-16-8-4-5-9-17(16)14-22)18-12-21-19(24-18)11-10-15-6-2-1-3-7-15/h1-3,6-7,12,16-17H,4-5,8-9,13-14H2. The molecule has 2 heterocycles. The Balaban J connectivity index is 1.45. The van der Waals surface area contributed by atoms with Crippen LogP contribution in [0, 0.1) is 23.7 Å². The van der Waals surface area contributed by atoms with E-state index in [0.29, 0.717) is 21.7 Å². The Kier molecular flexibility index (Phi) is 4.36. The first-order valence-electron chi connectivity index (χ1n) is 8.62. The van der Waals surface area contributed by atoms with Crippen molar-refractivity contribution in [3.63, 3.8) is 0 Å². The maximum atomic E-state index is 12.7. The highest BCUT2D eigenvalue weighted by Gasteiger charge is 2.37. The van der Waals surface area contributed by atoms with Gasteiger partial charge >= 0.3 is 0 Å². The Labute approximate surface area is 146 Å². The molecule has 0 bridgehead atoms. The number of aromatic nitrogens is 1. The van der Waals surface area contributed by atoms with Crippen LogP contribution in [0.3, 0.4) is 0 Å². The lowest BCUT2D eigenvalue weighted by atomic mass is 9.82. The summed E-state index contributed by atoms with van der Waals surface area (Å²) in [5, 5.41) is 0.707. The number of hydrogen-bond donors (Lipinski definition) is 0. The first kappa shape index (κ1) is 15.4. The molecular formula is C20H20N2OS. The molecule has 2 atom stereocenters. The number of nitrogens with zero attached hydrogens (tertiary/aromatic N) is 2. The van der Waals surface area contributed by atoms with Crippen molar-refractivity contribution in [3.8, 4) is 11.8 Å². The van der Waals surface area contributed by atoms with Gasteiger partial charge < -0.3 is 4.90 Å². The molecule has 2 aromatic rings. The number of carbonyl (C=O) groups excluding carboxylic acids is 1. The summed E-state index contributed by atoms with van der Waals surface area (Å²) in [7, 11) is 0. The molecule has 1 aliphatic carbocycles. The summed E-state index contributed by atoms with van der Waals surface area (Å²) < 4.78 is 0. The Morgan fingerprint density at radius 1 is 1.08 bits per heavy atom. The van der Waals surface area contributed by atoms with Gasteiger partial charge in [0.1, 0.15) is 4.88 Å². The van der Waals surface area contributed by atoms with E-state index in [-0.39, 0.29) is 5.91 Å². The van der Waals surface area contributed by atoms with E-state index >= 15 is 0 Å². The molecule has 1 aliphatic heterocycles. The molecular weight excluding hydrogens is 316 g/mol. The molecule has 1 aromatic heterocycles. The minimum absolute atomic E-state index is 0.134. The van der Waals surface area contributed by atoms with Crippen molar-refractivity contribution < 1.29 is 4.79 Å². The van der Waals surface area contributed by atoms with Crippen LogP contribution in [0.5, 0.6) is 0 Å². The predicted octanol–water partition coefficient (Wildman–Crippen LogP) is 3.81. The fourth-order valence-electron chi connectivity index (χ4n) is 3.81. The third-order valence-corrected chi connectivity index (χ3v) is 5.97. The van der Waals surface area contributed by atoms with Gasteiger partial charge in [-0.05, 0) is 42.7 Å². The minimum atomic E-state index is 0.134. The lowest BCUT2D eigenvalue weighted by Gasteiger charge is -2.22. The van der Waals surface area contributed by atoms with Gasteiger partial charge in [0.05, 0.1) is 6.20 Å². The van der Waals surface area contributed by atoms with E-state index in [9.17, 15) is 4.79 Å². The Morgan fingerprint density at radius 2 is 1.79 bits per heavy atom. The van der Waals surface area contributed by atoms with Crippen LogP contribution >= 0.6 is 11.3 Å². The lowest BCUT2D eigenvalue weighted by molar-refractivity contribution is 0.0788. The third kappa shape index (κ3) is 3.22. The summed E-state index contributed by atoms with van der Waals surface area (Å²) in [5.41, 5.74) is 0.962. The molecule has 0 radical (unpaired) electrons. The fourth-order valence-corrected chi connectivity index (χ4v) is 4.54. The maximum Gasteiger partial charge on any atom is 0.265 e. The maximum absolute atomic E-state index is 12.7. The normalized spacial score (nSPS) is 22.6. The molecule has 24 heavy (non-hydrogen) atoms. The summed E-state index contributed by atoms with van der Waals surface area (Å²) in [4.78, 5) is 19.8. The first-order chi connectivity index (χ1) is 11.8. The van der Waals surface area contributed by atoms with Gasteiger partial charge in [0.2, 0.25) is 0 Å². The molecule has 2 fully saturated rings. The number of fused-ring (bicyclic) bond motifs is 1. The number of thiazole rings is 1. The van der Waals surface area contributed by atoms with Crippen molar-refractivity contribution in [1.29, 1.82) is 0 Å². The summed E-state index contributed by atoms with van der Waals surface area (Å²) >= 11 is 1.40. The van der Waals surface area contributed by atoms with Gasteiger partial charge in [0, 0.05) is 18.7 Å². The average molecular weight is 336 g/mol. The van der Waals surface area contributed by atoms with Gasteiger partial charge in [-0.15, -0.1) is 11.3 Å². The molecule has 1 saturated heterocycles. The van der Waals surface area contributed by atoms with Crippen molar-refractivity contribution in [2.45, 2.75) is 25.7 Å². The van der Waals surface area contributed by atoms with Gasteiger partial charge in [0.25, 0.3) is 5.91 Å². The van der Waals surface area contributed by atoms with Crippen molar-refractivity contribution in [1.82, 2.24) is 9.88 Å². The predicted molar refractivity (Wildman–Crippen MR) is 95.9 cm³/mol. The van der Waals surface area contributed by atoms with Crippen LogP contribution in [0.1, 0.15) is 45.9 Å². The van der Waals surface area contributed by atoms with Crippen LogP contribution in [0.2, 0.25) is 0 Å². The second-order valence-electron chi connectivity index (χ2n) is 6.66. The van der Waals surface area contributed by atoms with E-state index in [4.69, 9.17) is 0 Å². The molecule has 1 aromatic carbocycles. The number of benzene rings is 1. The number of amides is 1. The number of rotatable bonds is 1. The molecule has 4 rings (SSSR count). The highest BCUT2D eigenvalue weighted by molar-refractivity contribution is 7.14. The van der Waals surface area contributed by atoms with Crippen LogP contribution in [0.25, 0.3) is 0 Å². The van der Waals surface area contributed by atoms with Crippen LogP contribution in [0.15, 0.2) is 36.5 Å². The highest BCUT2D eigenvalue weighted by Crippen LogP contribution is 2.36. The number of hydrogen-bond acceptors (Lipinski definition) is 3. The molecule has 3 nitrogen and oxygen atoms in total. The molecule has 0 spiro atoms. The van der Waals surface area contributed by atoms with Gasteiger partial charge in [-0.2, -0.15) is 0 Å². The van der Waals surface area contributed by atoms with Gasteiger partial charge in [-0.3, -0.25) is 4.79 Å².